The van der Waals surface area contributed by atoms with E-state index in [0.717, 1.165) is 17.9 Å². The van der Waals surface area contributed by atoms with Crippen LogP contribution in [0.2, 0.25) is 0 Å². The molecule has 1 atom stereocenters. The molecule has 2 N–H and O–H groups in total. The monoisotopic (exact) mass is 281 g/mol. The summed E-state index contributed by atoms with van der Waals surface area (Å²) < 4.78 is 10.9. The topological polar surface area (TPSA) is 50.7 Å². The van der Waals surface area contributed by atoms with Gasteiger partial charge in [-0.3, -0.25) is 0 Å². The fourth-order valence-corrected chi connectivity index (χ4v) is 2.02. The van der Waals surface area contributed by atoms with Gasteiger partial charge in [0.15, 0.2) is 11.5 Å². The second-order valence-corrected chi connectivity index (χ2v) is 6.12. The van der Waals surface area contributed by atoms with Gasteiger partial charge < -0.3 is 19.9 Å². The maximum absolute atomic E-state index is 9.86. The first-order chi connectivity index (χ1) is 9.42. The van der Waals surface area contributed by atoms with Gasteiger partial charge in [0.05, 0.1) is 13.2 Å². The van der Waals surface area contributed by atoms with Crippen LogP contribution in [-0.2, 0) is 0 Å². The first kappa shape index (κ1) is 16.8. The van der Waals surface area contributed by atoms with E-state index in [9.17, 15) is 5.11 Å². The first-order valence-corrected chi connectivity index (χ1v) is 7.07. The van der Waals surface area contributed by atoms with E-state index in [1.165, 1.54) is 0 Å². The van der Waals surface area contributed by atoms with Gasteiger partial charge in [0.25, 0.3) is 0 Å². The molecule has 1 rings (SSSR count). The number of ether oxygens (including phenoxy) is 2. The molecular weight excluding hydrogens is 254 g/mol. The molecule has 4 nitrogen and oxygen atoms in total. The Morgan fingerprint density at radius 2 is 1.85 bits per heavy atom. The molecule has 0 saturated heterocycles. The van der Waals surface area contributed by atoms with Crippen molar-refractivity contribution < 1.29 is 14.6 Å². The van der Waals surface area contributed by atoms with Crippen LogP contribution in [0.1, 0.15) is 27.2 Å². The van der Waals surface area contributed by atoms with Gasteiger partial charge in [-0.2, -0.15) is 0 Å². The van der Waals surface area contributed by atoms with Crippen molar-refractivity contribution in [3.05, 3.63) is 24.3 Å². The summed E-state index contributed by atoms with van der Waals surface area (Å²) in [5.74, 6) is 1.48. The molecule has 1 aromatic carbocycles. The van der Waals surface area contributed by atoms with Crippen molar-refractivity contribution in [3.8, 4) is 11.5 Å². The standard InChI is InChI=1S/C16H27NO3/c1-16(2,3)11-13(18)12-17-9-10-20-15-8-6-5-7-14(15)19-4/h5-8,13,17-18H,9-12H2,1-4H3. The van der Waals surface area contributed by atoms with Crippen molar-refractivity contribution in [1.82, 2.24) is 5.32 Å². The van der Waals surface area contributed by atoms with Gasteiger partial charge in [-0.1, -0.05) is 32.9 Å². The van der Waals surface area contributed by atoms with Crippen LogP contribution in [0.3, 0.4) is 0 Å². The summed E-state index contributed by atoms with van der Waals surface area (Å²) in [7, 11) is 1.63. The highest BCUT2D eigenvalue weighted by atomic mass is 16.5. The van der Waals surface area contributed by atoms with Gasteiger partial charge in [-0.25, -0.2) is 0 Å². The summed E-state index contributed by atoms with van der Waals surface area (Å²) in [4.78, 5) is 0. The van der Waals surface area contributed by atoms with Crippen LogP contribution in [-0.4, -0.2) is 38.0 Å². The Morgan fingerprint density at radius 1 is 1.20 bits per heavy atom. The van der Waals surface area contributed by atoms with Crippen LogP contribution in [0.25, 0.3) is 0 Å². The molecule has 0 radical (unpaired) electrons. The number of methoxy groups -OCH3 is 1. The summed E-state index contributed by atoms with van der Waals surface area (Å²) in [6.07, 6.45) is 0.467. The maximum Gasteiger partial charge on any atom is 0.161 e. The molecule has 20 heavy (non-hydrogen) atoms. The Hall–Kier alpha value is -1.26. The molecule has 0 saturated carbocycles. The van der Waals surface area contributed by atoms with Crippen LogP contribution in [0.5, 0.6) is 11.5 Å². The highest BCUT2D eigenvalue weighted by molar-refractivity contribution is 5.39. The predicted molar refractivity (Wildman–Crippen MR) is 81.4 cm³/mol. The van der Waals surface area contributed by atoms with E-state index in [-0.39, 0.29) is 11.5 Å². The molecular formula is C16H27NO3. The van der Waals surface area contributed by atoms with Crippen molar-refractivity contribution in [2.24, 2.45) is 5.41 Å². The lowest BCUT2D eigenvalue weighted by Gasteiger charge is -2.22. The average Bonchev–Trinajstić information content (AvgIpc) is 2.36. The zero-order chi connectivity index (χ0) is 15.0. The van der Waals surface area contributed by atoms with Crippen LogP contribution in [0.15, 0.2) is 24.3 Å². The van der Waals surface area contributed by atoms with Crippen LogP contribution >= 0.6 is 0 Å². The zero-order valence-electron chi connectivity index (χ0n) is 13.0. The second kappa shape index (κ2) is 8.12. The highest BCUT2D eigenvalue weighted by Crippen LogP contribution is 2.25. The van der Waals surface area contributed by atoms with Crippen molar-refractivity contribution in [2.75, 3.05) is 26.8 Å². The summed E-state index contributed by atoms with van der Waals surface area (Å²) >= 11 is 0. The predicted octanol–water partition coefficient (Wildman–Crippen LogP) is 2.46. The summed E-state index contributed by atoms with van der Waals surface area (Å²) in [5, 5.41) is 13.1. The molecule has 1 aromatic rings. The Balaban J connectivity index is 2.19. The molecule has 0 heterocycles. The number of hydrogen-bond donors (Lipinski definition) is 2. The molecule has 0 aliphatic heterocycles. The number of hydrogen-bond acceptors (Lipinski definition) is 4. The summed E-state index contributed by atoms with van der Waals surface area (Å²) in [5.41, 5.74) is 0.148. The fraction of sp³-hybridized carbons (Fsp3) is 0.625. The van der Waals surface area contributed by atoms with E-state index in [4.69, 9.17) is 9.47 Å². The highest BCUT2D eigenvalue weighted by Gasteiger charge is 2.16. The van der Waals surface area contributed by atoms with E-state index < -0.39 is 0 Å². The molecule has 1 unspecified atom stereocenters. The second-order valence-electron chi connectivity index (χ2n) is 6.12. The smallest absolute Gasteiger partial charge is 0.161 e. The minimum Gasteiger partial charge on any atom is -0.493 e. The number of benzene rings is 1. The van der Waals surface area contributed by atoms with Crippen molar-refractivity contribution in [2.45, 2.75) is 33.3 Å². The zero-order valence-corrected chi connectivity index (χ0v) is 13.0. The first-order valence-electron chi connectivity index (χ1n) is 7.07. The molecule has 0 aliphatic rings. The number of aliphatic hydroxyl groups excluding tert-OH is 1. The molecule has 4 heteroatoms. The van der Waals surface area contributed by atoms with Gasteiger partial charge >= 0.3 is 0 Å². The maximum atomic E-state index is 9.86. The number of nitrogens with one attached hydrogen (secondary N) is 1. The van der Waals surface area contributed by atoms with E-state index in [1.807, 2.05) is 24.3 Å². The lowest BCUT2D eigenvalue weighted by molar-refractivity contribution is 0.118. The normalized spacial score (nSPS) is 13.1. The van der Waals surface area contributed by atoms with E-state index >= 15 is 0 Å². The van der Waals surface area contributed by atoms with Crippen molar-refractivity contribution >= 4 is 0 Å². The Labute approximate surface area is 122 Å². The molecule has 114 valence electrons. The third-order valence-corrected chi connectivity index (χ3v) is 2.83. The molecule has 0 amide bonds. The van der Waals surface area contributed by atoms with Crippen LogP contribution < -0.4 is 14.8 Å². The van der Waals surface area contributed by atoms with Crippen LogP contribution in [0.4, 0.5) is 0 Å². The fourth-order valence-electron chi connectivity index (χ4n) is 2.02. The molecule has 0 aliphatic carbocycles. The largest absolute Gasteiger partial charge is 0.493 e. The molecule has 0 fully saturated rings. The summed E-state index contributed by atoms with van der Waals surface area (Å²) in [6.45, 7) is 8.21. The summed E-state index contributed by atoms with van der Waals surface area (Å²) in [6, 6.07) is 7.58. The third kappa shape index (κ3) is 6.78. The van der Waals surface area contributed by atoms with Crippen molar-refractivity contribution in [1.29, 1.82) is 0 Å². The minimum absolute atomic E-state index is 0.148. The van der Waals surface area contributed by atoms with Gasteiger partial charge in [0.2, 0.25) is 0 Å². The van der Waals surface area contributed by atoms with Gasteiger partial charge in [-0.05, 0) is 24.0 Å². The third-order valence-electron chi connectivity index (χ3n) is 2.83. The Kier molecular flexibility index (Phi) is 6.82. The van der Waals surface area contributed by atoms with Gasteiger partial charge in [0, 0.05) is 13.1 Å². The molecule has 0 bridgehead atoms. The number of aliphatic hydroxyl groups is 1. The number of rotatable bonds is 8. The van der Waals surface area contributed by atoms with E-state index in [1.54, 1.807) is 7.11 Å². The van der Waals surface area contributed by atoms with Gasteiger partial charge in [0.1, 0.15) is 6.61 Å². The molecule has 0 aromatic heterocycles. The lowest BCUT2D eigenvalue weighted by Crippen LogP contribution is -2.32. The average molecular weight is 281 g/mol. The van der Waals surface area contributed by atoms with E-state index in [0.29, 0.717) is 19.7 Å². The van der Waals surface area contributed by atoms with Crippen molar-refractivity contribution in [3.63, 3.8) is 0 Å². The molecule has 0 spiro atoms. The SMILES string of the molecule is COc1ccccc1OCCNCC(O)CC(C)(C)C. The minimum atomic E-state index is -0.318. The van der Waals surface area contributed by atoms with Gasteiger partial charge in [-0.15, -0.1) is 0 Å². The number of para-hydroxylation sites is 2. The lowest BCUT2D eigenvalue weighted by atomic mass is 9.89. The Morgan fingerprint density at radius 3 is 2.45 bits per heavy atom. The Bertz CT molecular complexity index is 388. The quantitative estimate of drug-likeness (QED) is 0.719. The van der Waals surface area contributed by atoms with E-state index in [2.05, 4.69) is 26.1 Å². The van der Waals surface area contributed by atoms with Crippen LogP contribution in [0, 0.1) is 5.41 Å².